The Labute approximate surface area is 113 Å². The minimum atomic E-state index is -0.0263. The first-order valence-corrected chi connectivity index (χ1v) is 6.52. The molecule has 102 valence electrons. The quantitative estimate of drug-likeness (QED) is 0.770. The van der Waals surface area contributed by atoms with Gasteiger partial charge in [0.2, 0.25) is 0 Å². The molecule has 0 aliphatic carbocycles. The summed E-state index contributed by atoms with van der Waals surface area (Å²) in [6, 6.07) is 7.82. The molecule has 0 spiro atoms. The highest BCUT2D eigenvalue weighted by molar-refractivity contribution is 6.06. The average molecular weight is 259 g/mol. The van der Waals surface area contributed by atoms with Gasteiger partial charge < -0.3 is 15.6 Å². The van der Waals surface area contributed by atoms with Crippen molar-refractivity contribution in [2.45, 2.75) is 13.8 Å². The first-order chi connectivity index (χ1) is 9.03. The maximum absolute atomic E-state index is 12.2. The van der Waals surface area contributed by atoms with Crippen LogP contribution in [0.1, 0.15) is 24.2 Å². The minimum absolute atomic E-state index is 0.0263. The van der Waals surface area contributed by atoms with Crippen LogP contribution in [0.4, 0.5) is 0 Å². The first-order valence-electron chi connectivity index (χ1n) is 6.52. The topological polar surface area (TPSA) is 56.9 Å². The number of aromatic amines is 1. The summed E-state index contributed by atoms with van der Waals surface area (Å²) in [4.78, 5) is 15.3. The number of rotatable bonds is 5. The molecule has 1 aromatic heterocycles. The maximum Gasteiger partial charge on any atom is 0.253 e. The highest BCUT2D eigenvalue weighted by Crippen LogP contribution is 2.18. The van der Waals surface area contributed by atoms with Gasteiger partial charge in [0.15, 0.2) is 0 Å². The van der Waals surface area contributed by atoms with Gasteiger partial charge in [-0.25, -0.2) is 0 Å². The van der Waals surface area contributed by atoms with E-state index in [1.54, 1.807) is 6.20 Å². The summed E-state index contributed by atoms with van der Waals surface area (Å²) in [5, 5.41) is 7.11. The van der Waals surface area contributed by atoms with E-state index < -0.39 is 0 Å². The molecule has 2 rings (SSSR count). The number of amides is 1. The van der Waals surface area contributed by atoms with Gasteiger partial charge in [-0.15, -0.1) is 0 Å². The van der Waals surface area contributed by atoms with Crippen LogP contribution in [0.2, 0.25) is 0 Å². The van der Waals surface area contributed by atoms with Crippen LogP contribution in [-0.4, -0.2) is 31.0 Å². The summed E-state index contributed by atoms with van der Waals surface area (Å²) in [7, 11) is 1.92. The third-order valence-corrected chi connectivity index (χ3v) is 3.22. The van der Waals surface area contributed by atoms with Gasteiger partial charge >= 0.3 is 0 Å². The van der Waals surface area contributed by atoms with E-state index in [1.165, 1.54) is 0 Å². The van der Waals surface area contributed by atoms with Gasteiger partial charge in [0.25, 0.3) is 5.91 Å². The zero-order valence-corrected chi connectivity index (χ0v) is 11.7. The molecule has 4 nitrogen and oxygen atoms in total. The van der Waals surface area contributed by atoms with Crippen molar-refractivity contribution in [2.75, 3.05) is 20.1 Å². The number of carbonyl (C=O) groups excluding carboxylic acids is 1. The molecule has 1 heterocycles. The van der Waals surface area contributed by atoms with Gasteiger partial charge in [0.1, 0.15) is 0 Å². The molecule has 2 aromatic rings. The Morgan fingerprint density at radius 2 is 2.00 bits per heavy atom. The van der Waals surface area contributed by atoms with Crippen molar-refractivity contribution in [1.29, 1.82) is 0 Å². The molecule has 0 bridgehead atoms. The van der Waals surface area contributed by atoms with E-state index >= 15 is 0 Å². The van der Waals surface area contributed by atoms with Crippen LogP contribution in [0.15, 0.2) is 30.5 Å². The standard InChI is InChI=1S/C15H21N3O/c1-15(2,9-16-3)10-18-14(19)12-8-17-13-7-5-4-6-11(12)13/h4-8,16-17H,9-10H2,1-3H3,(H,18,19). The summed E-state index contributed by atoms with van der Waals surface area (Å²) in [6.45, 7) is 5.76. The van der Waals surface area contributed by atoms with E-state index in [2.05, 4.69) is 29.5 Å². The highest BCUT2D eigenvalue weighted by Gasteiger charge is 2.19. The molecule has 0 atom stereocenters. The number of aromatic nitrogens is 1. The van der Waals surface area contributed by atoms with Gasteiger partial charge in [-0.3, -0.25) is 4.79 Å². The van der Waals surface area contributed by atoms with Crippen LogP contribution in [0, 0.1) is 5.41 Å². The van der Waals surface area contributed by atoms with Crippen molar-refractivity contribution >= 4 is 16.8 Å². The number of benzene rings is 1. The summed E-state index contributed by atoms with van der Waals surface area (Å²) < 4.78 is 0. The van der Waals surface area contributed by atoms with Crippen LogP contribution >= 0.6 is 0 Å². The van der Waals surface area contributed by atoms with Gasteiger partial charge in [0.05, 0.1) is 5.56 Å². The predicted molar refractivity (Wildman–Crippen MR) is 78.3 cm³/mol. The zero-order valence-electron chi connectivity index (χ0n) is 11.7. The molecule has 0 aliphatic rings. The Balaban J connectivity index is 2.08. The average Bonchev–Trinajstić information content (AvgIpc) is 2.80. The van der Waals surface area contributed by atoms with Crippen molar-refractivity contribution in [3.63, 3.8) is 0 Å². The number of H-pyrrole nitrogens is 1. The van der Waals surface area contributed by atoms with Crippen molar-refractivity contribution < 1.29 is 4.79 Å². The number of fused-ring (bicyclic) bond motifs is 1. The van der Waals surface area contributed by atoms with Crippen LogP contribution in [0.5, 0.6) is 0 Å². The molecule has 19 heavy (non-hydrogen) atoms. The lowest BCUT2D eigenvalue weighted by Crippen LogP contribution is -2.39. The van der Waals surface area contributed by atoms with E-state index in [0.29, 0.717) is 12.1 Å². The monoisotopic (exact) mass is 259 g/mol. The van der Waals surface area contributed by atoms with Crippen molar-refractivity contribution in [1.82, 2.24) is 15.6 Å². The minimum Gasteiger partial charge on any atom is -0.360 e. The lowest BCUT2D eigenvalue weighted by molar-refractivity contribution is 0.0938. The van der Waals surface area contributed by atoms with Crippen LogP contribution < -0.4 is 10.6 Å². The second-order valence-electron chi connectivity index (χ2n) is 5.63. The molecular weight excluding hydrogens is 238 g/mol. The zero-order chi connectivity index (χ0) is 13.9. The fraction of sp³-hybridized carbons (Fsp3) is 0.400. The molecular formula is C15H21N3O. The SMILES string of the molecule is CNCC(C)(C)CNC(=O)c1c[nH]c2ccccc12. The number of hydrogen-bond donors (Lipinski definition) is 3. The van der Waals surface area contributed by atoms with E-state index in [9.17, 15) is 4.79 Å². The predicted octanol–water partition coefficient (Wildman–Crippen LogP) is 2.14. The molecule has 0 unspecified atom stereocenters. The molecule has 1 amide bonds. The Morgan fingerprint density at radius 1 is 1.26 bits per heavy atom. The Morgan fingerprint density at radius 3 is 2.74 bits per heavy atom. The lowest BCUT2D eigenvalue weighted by atomic mass is 9.93. The third-order valence-electron chi connectivity index (χ3n) is 3.22. The van der Waals surface area contributed by atoms with Crippen LogP contribution in [0.3, 0.4) is 0 Å². The van der Waals surface area contributed by atoms with Gasteiger partial charge in [-0.1, -0.05) is 32.0 Å². The molecule has 0 saturated carbocycles. The van der Waals surface area contributed by atoms with E-state index in [0.717, 1.165) is 17.4 Å². The fourth-order valence-corrected chi connectivity index (χ4v) is 2.22. The second-order valence-corrected chi connectivity index (χ2v) is 5.63. The van der Waals surface area contributed by atoms with E-state index in [4.69, 9.17) is 0 Å². The van der Waals surface area contributed by atoms with Crippen LogP contribution in [-0.2, 0) is 0 Å². The summed E-state index contributed by atoms with van der Waals surface area (Å²) in [5.41, 5.74) is 1.73. The molecule has 0 fully saturated rings. The summed E-state index contributed by atoms with van der Waals surface area (Å²) in [5.74, 6) is -0.0263. The summed E-state index contributed by atoms with van der Waals surface area (Å²) >= 11 is 0. The first kappa shape index (κ1) is 13.6. The van der Waals surface area contributed by atoms with Gasteiger partial charge in [-0.05, 0) is 18.5 Å². The number of hydrogen-bond acceptors (Lipinski definition) is 2. The lowest BCUT2D eigenvalue weighted by Gasteiger charge is -2.24. The molecule has 4 heteroatoms. The molecule has 3 N–H and O–H groups in total. The molecule has 1 aromatic carbocycles. The number of nitrogens with one attached hydrogen (secondary N) is 3. The molecule has 0 aliphatic heterocycles. The highest BCUT2D eigenvalue weighted by atomic mass is 16.1. The largest absolute Gasteiger partial charge is 0.360 e. The molecule has 0 saturated heterocycles. The smallest absolute Gasteiger partial charge is 0.253 e. The van der Waals surface area contributed by atoms with Crippen molar-refractivity contribution in [2.24, 2.45) is 5.41 Å². The van der Waals surface area contributed by atoms with Gasteiger partial charge in [0, 0.05) is 30.2 Å². The maximum atomic E-state index is 12.2. The van der Waals surface area contributed by atoms with Crippen LogP contribution in [0.25, 0.3) is 10.9 Å². The fourth-order valence-electron chi connectivity index (χ4n) is 2.22. The Hall–Kier alpha value is -1.81. The number of para-hydroxylation sites is 1. The normalized spacial score (nSPS) is 11.7. The van der Waals surface area contributed by atoms with Crippen molar-refractivity contribution in [3.8, 4) is 0 Å². The Kier molecular flexibility index (Phi) is 3.90. The second kappa shape index (κ2) is 5.45. The number of carbonyl (C=O) groups is 1. The summed E-state index contributed by atoms with van der Waals surface area (Å²) in [6.07, 6.45) is 1.77. The third kappa shape index (κ3) is 3.15. The van der Waals surface area contributed by atoms with Crippen molar-refractivity contribution in [3.05, 3.63) is 36.0 Å². The molecule has 0 radical (unpaired) electrons. The Bertz CT molecular complexity index is 572. The van der Waals surface area contributed by atoms with E-state index in [1.807, 2.05) is 31.3 Å². The van der Waals surface area contributed by atoms with Gasteiger partial charge in [-0.2, -0.15) is 0 Å². The van der Waals surface area contributed by atoms with E-state index in [-0.39, 0.29) is 11.3 Å².